The number of rotatable bonds is 86. The summed E-state index contributed by atoms with van der Waals surface area (Å²) in [5.74, 6) is -0.589. The molecule has 0 aliphatic heterocycles. The normalized spacial score (nSPS) is 13.8. The lowest BCUT2D eigenvalue weighted by Gasteiger charge is -2.21. The summed E-state index contributed by atoms with van der Waals surface area (Å²) in [7, 11) is -9.93. The van der Waals surface area contributed by atoms with Gasteiger partial charge < -0.3 is 33.8 Å². The molecule has 2 unspecified atom stereocenters. The number of hydrogen-bond acceptors (Lipinski definition) is 15. The molecule has 0 saturated carbocycles. The maximum atomic E-state index is 13.2. The summed E-state index contributed by atoms with van der Waals surface area (Å²) in [6.07, 6.45) is 70.9. The van der Waals surface area contributed by atoms with Gasteiger partial charge in [-0.3, -0.25) is 37.3 Å². The number of esters is 4. The van der Waals surface area contributed by atoms with E-state index in [-0.39, 0.29) is 25.7 Å². The van der Waals surface area contributed by atoms with Crippen LogP contribution in [0.25, 0.3) is 0 Å². The van der Waals surface area contributed by atoms with Crippen molar-refractivity contribution in [2.75, 3.05) is 39.6 Å². The van der Waals surface area contributed by atoms with Crippen molar-refractivity contribution in [3.63, 3.8) is 0 Å². The van der Waals surface area contributed by atoms with Gasteiger partial charge in [0.2, 0.25) is 0 Å². The molecule has 0 fully saturated rings. The van der Waals surface area contributed by atoms with E-state index in [1.807, 2.05) is 0 Å². The Kier molecular flexibility index (Phi) is 76.9. The highest BCUT2D eigenvalue weighted by Crippen LogP contribution is 2.45. The second-order valence-electron chi connectivity index (χ2n) is 32.2. The van der Waals surface area contributed by atoms with Crippen molar-refractivity contribution in [1.29, 1.82) is 0 Å². The number of aliphatic hydroxyl groups is 1. The first-order valence-corrected chi connectivity index (χ1v) is 48.0. The molecular formula is C87H170O17P2. The Bertz CT molecular complexity index is 2030. The van der Waals surface area contributed by atoms with Crippen LogP contribution in [0.1, 0.15) is 465 Å². The third kappa shape index (κ3) is 80.1. The van der Waals surface area contributed by atoms with E-state index in [0.29, 0.717) is 25.7 Å². The van der Waals surface area contributed by atoms with Crippen LogP contribution >= 0.6 is 15.6 Å². The molecule has 19 heteroatoms. The lowest BCUT2D eigenvalue weighted by atomic mass is 10.0. The maximum Gasteiger partial charge on any atom is 0.472 e. The molecule has 0 saturated heterocycles. The minimum absolute atomic E-state index is 0.107. The van der Waals surface area contributed by atoms with Gasteiger partial charge in [0.05, 0.1) is 26.4 Å². The molecule has 17 nitrogen and oxygen atoms in total. The zero-order valence-corrected chi connectivity index (χ0v) is 71.5. The predicted octanol–water partition coefficient (Wildman–Crippen LogP) is 26.6. The number of carbonyl (C=O) groups excluding carboxylic acids is 4. The minimum Gasteiger partial charge on any atom is -0.462 e. The van der Waals surface area contributed by atoms with Gasteiger partial charge in [0.1, 0.15) is 19.3 Å². The van der Waals surface area contributed by atoms with E-state index < -0.39 is 97.5 Å². The summed E-state index contributed by atoms with van der Waals surface area (Å²) in [5.41, 5.74) is 0. The Labute approximate surface area is 651 Å². The van der Waals surface area contributed by atoms with E-state index in [2.05, 4.69) is 41.5 Å². The van der Waals surface area contributed by atoms with Crippen molar-refractivity contribution in [2.24, 2.45) is 11.8 Å². The molecule has 5 atom stereocenters. The smallest absolute Gasteiger partial charge is 0.462 e. The fraction of sp³-hybridized carbons (Fsp3) is 0.954. The van der Waals surface area contributed by atoms with E-state index in [1.54, 1.807) is 0 Å². The standard InChI is InChI=1S/C87H170O17P2/c1-7-9-11-13-15-17-19-21-23-25-27-29-31-33-37-41-45-53-59-65-71-86(91)103-82(75-97-84(89)69-63-57-51-44-40-36-32-30-28-26-24-22-20-18-16-14-12-10-8-2)77-101-105(93,94)99-73-81(88)74-100-106(95,96)102-78-83(76-98-85(90)70-64-58-52-48-47-50-56-62-68-80(5)6)104-87(92)72-66-60-54-46-42-38-34-35-39-43-49-55-61-67-79(3)4/h79-83,88H,7-78H2,1-6H3,(H,93,94)(H,95,96)/t81-,82-,83-/m1/s1. The monoisotopic (exact) mass is 1550 g/mol. The van der Waals surface area contributed by atoms with Crippen molar-refractivity contribution in [2.45, 2.75) is 484 Å². The van der Waals surface area contributed by atoms with Crippen LogP contribution in [0, 0.1) is 11.8 Å². The second kappa shape index (κ2) is 78.3. The molecule has 0 aromatic rings. The zero-order valence-electron chi connectivity index (χ0n) is 69.7. The number of phosphoric acid groups is 2. The van der Waals surface area contributed by atoms with Crippen LogP contribution in [0.2, 0.25) is 0 Å². The first-order chi connectivity index (χ1) is 51.4. The molecule has 0 spiro atoms. The molecule has 0 aliphatic rings. The molecule has 106 heavy (non-hydrogen) atoms. The highest BCUT2D eigenvalue weighted by molar-refractivity contribution is 7.47. The Morgan fingerprint density at radius 1 is 0.255 bits per heavy atom. The first-order valence-electron chi connectivity index (χ1n) is 45.0. The summed E-state index contributed by atoms with van der Waals surface area (Å²) in [4.78, 5) is 73.3. The number of unbranched alkanes of at least 4 members (excludes halogenated alkanes) is 56. The Morgan fingerprint density at radius 2 is 0.434 bits per heavy atom. The van der Waals surface area contributed by atoms with Gasteiger partial charge in [-0.25, -0.2) is 9.13 Å². The number of phosphoric ester groups is 2. The Morgan fingerprint density at radius 3 is 0.642 bits per heavy atom. The van der Waals surface area contributed by atoms with Gasteiger partial charge in [0.15, 0.2) is 12.2 Å². The van der Waals surface area contributed by atoms with E-state index in [4.69, 9.17) is 37.0 Å². The van der Waals surface area contributed by atoms with Gasteiger partial charge >= 0.3 is 39.5 Å². The van der Waals surface area contributed by atoms with Crippen molar-refractivity contribution in [3.8, 4) is 0 Å². The van der Waals surface area contributed by atoms with Crippen LogP contribution in [0.3, 0.4) is 0 Å². The van der Waals surface area contributed by atoms with E-state index >= 15 is 0 Å². The average molecular weight is 1550 g/mol. The molecule has 3 N–H and O–H groups in total. The van der Waals surface area contributed by atoms with Gasteiger partial charge in [0, 0.05) is 25.7 Å². The highest BCUT2D eigenvalue weighted by Gasteiger charge is 2.30. The molecule has 0 aliphatic carbocycles. The van der Waals surface area contributed by atoms with Crippen molar-refractivity contribution >= 4 is 39.5 Å². The fourth-order valence-electron chi connectivity index (χ4n) is 13.6. The molecule has 630 valence electrons. The number of aliphatic hydroxyl groups excluding tert-OH is 1. The van der Waals surface area contributed by atoms with Gasteiger partial charge in [-0.05, 0) is 37.5 Å². The quantitative estimate of drug-likeness (QED) is 0.0222. The Balaban J connectivity index is 5.24. The van der Waals surface area contributed by atoms with Gasteiger partial charge in [0.25, 0.3) is 0 Å². The second-order valence-corrected chi connectivity index (χ2v) is 35.1. The molecule has 0 amide bonds. The molecule has 0 aromatic carbocycles. The van der Waals surface area contributed by atoms with Gasteiger partial charge in [-0.15, -0.1) is 0 Å². The first kappa shape index (κ1) is 104. The molecule has 0 heterocycles. The van der Waals surface area contributed by atoms with Crippen LogP contribution in [-0.4, -0.2) is 96.7 Å². The Hall–Kier alpha value is -1.94. The van der Waals surface area contributed by atoms with Crippen molar-refractivity contribution < 1.29 is 80.2 Å². The van der Waals surface area contributed by atoms with Gasteiger partial charge in [-0.2, -0.15) is 0 Å². The lowest BCUT2D eigenvalue weighted by Crippen LogP contribution is -2.30. The number of ether oxygens (including phenoxy) is 4. The number of hydrogen-bond donors (Lipinski definition) is 3. The lowest BCUT2D eigenvalue weighted by molar-refractivity contribution is -0.161. The molecule has 0 rings (SSSR count). The van der Waals surface area contributed by atoms with Crippen molar-refractivity contribution in [3.05, 3.63) is 0 Å². The minimum atomic E-state index is -4.97. The molecular weight excluding hydrogens is 1380 g/mol. The molecule has 0 bridgehead atoms. The topological polar surface area (TPSA) is 237 Å². The summed E-state index contributed by atoms with van der Waals surface area (Å²) in [5, 5.41) is 10.7. The van der Waals surface area contributed by atoms with E-state index in [9.17, 15) is 43.2 Å². The van der Waals surface area contributed by atoms with Crippen LogP contribution in [0.15, 0.2) is 0 Å². The van der Waals surface area contributed by atoms with E-state index in [1.165, 1.54) is 283 Å². The third-order valence-electron chi connectivity index (χ3n) is 20.5. The summed E-state index contributed by atoms with van der Waals surface area (Å²) in [6, 6.07) is 0. The fourth-order valence-corrected chi connectivity index (χ4v) is 15.2. The SMILES string of the molecule is CCCCCCCCCCCCCCCCCCCCCCC(=O)O[C@H](COC(=O)CCCCCCCCCCCCCCCCCCCCC)COP(=O)(O)OC[C@@H](O)COP(=O)(O)OC[C@@H](COC(=O)CCCCCCCCCCC(C)C)OC(=O)CCCCCCCCCCCCCCCC(C)C. The van der Waals surface area contributed by atoms with Crippen LogP contribution in [-0.2, 0) is 65.4 Å². The van der Waals surface area contributed by atoms with Crippen LogP contribution in [0.5, 0.6) is 0 Å². The summed E-state index contributed by atoms with van der Waals surface area (Å²) < 4.78 is 68.9. The largest absolute Gasteiger partial charge is 0.472 e. The molecule has 0 radical (unpaired) electrons. The van der Waals surface area contributed by atoms with Gasteiger partial charge in [-0.1, -0.05) is 414 Å². The number of carbonyl (C=O) groups is 4. The maximum absolute atomic E-state index is 13.2. The van der Waals surface area contributed by atoms with Crippen LogP contribution < -0.4 is 0 Å². The zero-order chi connectivity index (χ0) is 77.8. The molecule has 0 aromatic heterocycles. The van der Waals surface area contributed by atoms with Crippen LogP contribution in [0.4, 0.5) is 0 Å². The summed E-state index contributed by atoms with van der Waals surface area (Å²) >= 11 is 0. The average Bonchev–Trinajstić information content (AvgIpc) is 0.904. The van der Waals surface area contributed by atoms with Crippen molar-refractivity contribution in [1.82, 2.24) is 0 Å². The summed E-state index contributed by atoms with van der Waals surface area (Å²) in [6.45, 7) is 9.66. The van der Waals surface area contributed by atoms with E-state index in [0.717, 1.165) is 102 Å². The predicted molar refractivity (Wildman–Crippen MR) is 437 cm³/mol. The highest BCUT2D eigenvalue weighted by atomic mass is 31.2. The third-order valence-corrected chi connectivity index (χ3v) is 22.4.